The minimum atomic E-state index is -0.309. The summed E-state index contributed by atoms with van der Waals surface area (Å²) < 4.78 is 0.759. The van der Waals surface area contributed by atoms with E-state index in [4.69, 9.17) is 0 Å². The first kappa shape index (κ1) is 10.2. The Morgan fingerprint density at radius 2 is 1.73 bits per heavy atom. The van der Waals surface area contributed by atoms with Crippen molar-refractivity contribution in [3.8, 4) is 0 Å². The van der Waals surface area contributed by atoms with Gasteiger partial charge in [0.15, 0.2) is 2.14 Å². The van der Waals surface area contributed by atoms with Crippen LogP contribution in [0.5, 0.6) is 0 Å². The standard InChI is InChI=1S/C7H4Br4/c8-6-3-1-2-5(4-6)7(9,10)11/h1-4H. The minimum Gasteiger partial charge on any atom is -0.0608 e. The molecule has 60 valence electrons. The fraction of sp³-hybridized carbons (Fsp3) is 0.143. The smallest absolute Gasteiger partial charge is 0.0608 e. The van der Waals surface area contributed by atoms with Gasteiger partial charge in [0.05, 0.1) is 0 Å². The lowest BCUT2D eigenvalue weighted by Crippen LogP contribution is -1.96. The van der Waals surface area contributed by atoms with Gasteiger partial charge in [-0.05, 0) is 17.7 Å². The third-order valence-corrected chi connectivity index (χ3v) is 3.02. The Morgan fingerprint density at radius 1 is 1.09 bits per heavy atom. The number of rotatable bonds is 0. The molecule has 0 amide bonds. The normalized spacial score (nSPS) is 11.6. The highest BCUT2D eigenvalue weighted by Gasteiger charge is 2.20. The predicted molar refractivity (Wildman–Crippen MR) is 62.6 cm³/mol. The van der Waals surface area contributed by atoms with Crippen molar-refractivity contribution < 1.29 is 0 Å². The van der Waals surface area contributed by atoms with Gasteiger partial charge in [-0.25, -0.2) is 0 Å². The van der Waals surface area contributed by atoms with Gasteiger partial charge in [-0.15, -0.1) is 0 Å². The number of halogens is 4. The predicted octanol–water partition coefficient (Wildman–Crippen LogP) is 4.74. The molecule has 0 unspecified atom stereocenters. The summed E-state index contributed by atoms with van der Waals surface area (Å²) in [6, 6.07) is 8.02. The Kier molecular flexibility index (Phi) is 3.62. The van der Waals surface area contributed by atoms with Crippen molar-refractivity contribution in [1.82, 2.24) is 0 Å². The molecule has 0 nitrogen and oxygen atoms in total. The number of hydrogen-bond donors (Lipinski definition) is 0. The van der Waals surface area contributed by atoms with Gasteiger partial charge in [0.25, 0.3) is 0 Å². The summed E-state index contributed by atoms with van der Waals surface area (Å²) in [6.45, 7) is 0. The van der Waals surface area contributed by atoms with Gasteiger partial charge in [-0.3, -0.25) is 0 Å². The lowest BCUT2D eigenvalue weighted by molar-refractivity contribution is 1.36. The average molecular weight is 408 g/mol. The monoisotopic (exact) mass is 404 g/mol. The maximum atomic E-state index is 3.43. The molecule has 1 aromatic carbocycles. The van der Waals surface area contributed by atoms with Crippen molar-refractivity contribution in [2.24, 2.45) is 0 Å². The van der Waals surface area contributed by atoms with Crippen LogP contribution in [-0.4, -0.2) is 0 Å². The van der Waals surface area contributed by atoms with Crippen molar-refractivity contribution >= 4 is 63.7 Å². The van der Waals surface area contributed by atoms with E-state index in [1.807, 2.05) is 24.3 Å². The van der Waals surface area contributed by atoms with E-state index in [0.29, 0.717) is 0 Å². The zero-order valence-corrected chi connectivity index (χ0v) is 11.7. The van der Waals surface area contributed by atoms with Crippen molar-refractivity contribution in [3.05, 3.63) is 34.3 Å². The second-order valence-corrected chi connectivity index (χ2v) is 9.68. The Hall–Kier alpha value is 1.14. The molecule has 0 spiro atoms. The van der Waals surface area contributed by atoms with Crippen molar-refractivity contribution in [3.63, 3.8) is 0 Å². The summed E-state index contributed by atoms with van der Waals surface area (Å²) in [4.78, 5) is 0. The quantitative estimate of drug-likeness (QED) is 0.545. The maximum absolute atomic E-state index is 3.43. The maximum Gasteiger partial charge on any atom is 0.159 e. The molecule has 0 aliphatic heterocycles. The number of hydrogen-bond acceptors (Lipinski definition) is 0. The lowest BCUT2D eigenvalue weighted by atomic mass is 10.2. The van der Waals surface area contributed by atoms with E-state index in [-0.39, 0.29) is 2.14 Å². The van der Waals surface area contributed by atoms with Crippen LogP contribution in [0.3, 0.4) is 0 Å². The van der Waals surface area contributed by atoms with Crippen LogP contribution in [0.15, 0.2) is 28.7 Å². The Bertz CT molecular complexity index is 251. The first-order chi connectivity index (χ1) is 5.00. The van der Waals surface area contributed by atoms with E-state index in [0.717, 1.165) is 10.0 Å². The largest absolute Gasteiger partial charge is 0.159 e. The van der Waals surface area contributed by atoms with Gasteiger partial charge in [0, 0.05) is 4.47 Å². The van der Waals surface area contributed by atoms with E-state index in [1.165, 1.54) is 0 Å². The molecule has 0 fully saturated rings. The summed E-state index contributed by atoms with van der Waals surface area (Å²) in [5.74, 6) is 0. The molecule has 1 rings (SSSR count). The van der Waals surface area contributed by atoms with Crippen molar-refractivity contribution in [2.45, 2.75) is 2.14 Å². The topological polar surface area (TPSA) is 0 Å². The summed E-state index contributed by atoms with van der Waals surface area (Å²) in [7, 11) is 0. The molecule has 0 N–H and O–H groups in total. The Labute approximate surface area is 99.3 Å². The van der Waals surface area contributed by atoms with Crippen molar-refractivity contribution in [1.29, 1.82) is 0 Å². The fourth-order valence-electron chi connectivity index (χ4n) is 0.665. The fourth-order valence-corrected chi connectivity index (χ4v) is 1.80. The molecule has 0 heterocycles. The summed E-state index contributed by atoms with van der Waals surface area (Å²) >= 11 is 13.7. The van der Waals surface area contributed by atoms with E-state index in [9.17, 15) is 0 Å². The highest BCUT2D eigenvalue weighted by molar-refractivity contribution is 9.38. The molecular weight excluding hydrogens is 404 g/mol. The summed E-state index contributed by atoms with van der Waals surface area (Å²) in [5.41, 5.74) is 1.12. The molecule has 1 aromatic rings. The number of alkyl halides is 3. The molecule has 0 aromatic heterocycles. The van der Waals surface area contributed by atoms with Gasteiger partial charge in [-0.1, -0.05) is 75.9 Å². The van der Waals surface area contributed by atoms with E-state index < -0.39 is 0 Å². The molecule has 0 saturated carbocycles. The Morgan fingerprint density at radius 3 is 2.09 bits per heavy atom. The average Bonchev–Trinajstić information content (AvgIpc) is 1.86. The third kappa shape index (κ3) is 3.17. The summed E-state index contributed by atoms with van der Waals surface area (Å²) in [5, 5.41) is 0. The molecule has 11 heavy (non-hydrogen) atoms. The second kappa shape index (κ2) is 3.90. The second-order valence-electron chi connectivity index (χ2n) is 2.01. The first-order valence-electron chi connectivity index (χ1n) is 2.83. The van der Waals surface area contributed by atoms with Crippen LogP contribution in [0.1, 0.15) is 5.56 Å². The zero-order valence-electron chi connectivity index (χ0n) is 5.32. The van der Waals surface area contributed by atoms with Crippen LogP contribution in [0.4, 0.5) is 0 Å². The minimum absolute atomic E-state index is 0.309. The van der Waals surface area contributed by atoms with Crippen LogP contribution in [0.25, 0.3) is 0 Å². The van der Waals surface area contributed by atoms with Gasteiger partial charge in [0.1, 0.15) is 0 Å². The van der Waals surface area contributed by atoms with E-state index >= 15 is 0 Å². The van der Waals surface area contributed by atoms with Gasteiger partial charge < -0.3 is 0 Å². The third-order valence-electron chi connectivity index (χ3n) is 1.15. The van der Waals surface area contributed by atoms with Crippen molar-refractivity contribution in [2.75, 3.05) is 0 Å². The molecule has 0 aliphatic carbocycles. The van der Waals surface area contributed by atoms with Gasteiger partial charge in [0.2, 0.25) is 0 Å². The summed E-state index contributed by atoms with van der Waals surface area (Å²) in [6.07, 6.45) is 0. The van der Waals surface area contributed by atoms with Gasteiger partial charge in [-0.2, -0.15) is 0 Å². The molecule has 0 bridgehead atoms. The van der Waals surface area contributed by atoms with Crippen LogP contribution in [0.2, 0.25) is 0 Å². The van der Waals surface area contributed by atoms with Crippen LogP contribution >= 0.6 is 63.7 Å². The van der Waals surface area contributed by atoms with Crippen LogP contribution in [0, 0.1) is 0 Å². The van der Waals surface area contributed by atoms with Crippen LogP contribution in [-0.2, 0) is 2.14 Å². The molecular formula is C7H4Br4. The SMILES string of the molecule is Brc1cccc(C(Br)(Br)Br)c1. The first-order valence-corrected chi connectivity index (χ1v) is 6.00. The molecule has 4 heteroatoms. The molecule has 0 saturated heterocycles. The molecule has 0 aliphatic rings. The van der Waals surface area contributed by atoms with Gasteiger partial charge >= 0.3 is 0 Å². The van der Waals surface area contributed by atoms with E-state index in [2.05, 4.69) is 63.7 Å². The lowest BCUT2D eigenvalue weighted by Gasteiger charge is -2.11. The molecule has 0 radical (unpaired) electrons. The zero-order chi connectivity index (χ0) is 8.48. The van der Waals surface area contributed by atoms with E-state index in [1.54, 1.807) is 0 Å². The Balaban J connectivity index is 3.06. The highest BCUT2D eigenvalue weighted by Crippen LogP contribution is 2.44. The number of benzene rings is 1. The highest BCUT2D eigenvalue weighted by atomic mass is 80.0. The molecule has 0 atom stereocenters. The van der Waals surface area contributed by atoms with Crippen LogP contribution < -0.4 is 0 Å².